The van der Waals surface area contributed by atoms with E-state index in [1.807, 2.05) is 6.26 Å². The molecule has 0 bridgehead atoms. The average Bonchev–Trinajstić information content (AvgIpc) is 2.68. The van der Waals surface area contributed by atoms with Crippen LogP contribution in [0.5, 0.6) is 0 Å². The largest absolute Gasteiger partial charge is 0.468 e. The molecule has 1 aromatic rings. The van der Waals surface area contributed by atoms with Gasteiger partial charge < -0.3 is 9.73 Å². The Hall–Kier alpha value is -0.800. The third-order valence-electron chi connectivity index (χ3n) is 2.93. The Morgan fingerprint density at radius 3 is 2.73 bits per heavy atom. The minimum absolute atomic E-state index is 0.561. The lowest BCUT2D eigenvalue weighted by molar-refractivity contribution is 0.216. The first-order valence-corrected chi connectivity index (χ1v) is 5.76. The van der Waals surface area contributed by atoms with Crippen molar-refractivity contribution < 1.29 is 4.42 Å². The lowest BCUT2D eigenvalue weighted by Crippen LogP contribution is -2.42. The fourth-order valence-corrected chi connectivity index (χ4v) is 1.87. The maximum atomic E-state index is 5.57. The number of piperazine rings is 1. The number of hydrogen-bond acceptors (Lipinski definition) is 3. The molecule has 2 heterocycles. The van der Waals surface area contributed by atoms with E-state index < -0.39 is 0 Å². The van der Waals surface area contributed by atoms with Crippen LogP contribution in [0, 0.1) is 0 Å². The number of nitrogens with one attached hydrogen (secondary N) is 1. The first-order chi connectivity index (χ1) is 7.25. The second kappa shape index (κ2) is 4.81. The van der Waals surface area contributed by atoms with Gasteiger partial charge in [0.25, 0.3) is 0 Å². The zero-order valence-electron chi connectivity index (χ0n) is 9.62. The molecule has 3 nitrogen and oxygen atoms in total. The van der Waals surface area contributed by atoms with Crippen LogP contribution in [-0.2, 0) is 6.54 Å². The number of rotatable bonds is 3. The van der Waals surface area contributed by atoms with Crippen LogP contribution in [0.2, 0.25) is 0 Å². The van der Waals surface area contributed by atoms with Crippen molar-refractivity contribution in [3.63, 3.8) is 0 Å². The summed E-state index contributed by atoms with van der Waals surface area (Å²) in [5.74, 6) is 1.66. The molecule has 3 heteroatoms. The molecule has 0 atom stereocenters. The van der Waals surface area contributed by atoms with Crippen molar-refractivity contribution in [2.75, 3.05) is 26.2 Å². The molecule has 0 amide bonds. The van der Waals surface area contributed by atoms with Crippen LogP contribution in [-0.4, -0.2) is 31.1 Å². The molecule has 2 rings (SSSR count). The molecule has 84 valence electrons. The third-order valence-corrected chi connectivity index (χ3v) is 2.93. The summed E-state index contributed by atoms with van der Waals surface area (Å²) in [6.07, 6.45) is 1.89. The summed E-state index contributed by atoms with van der Waals surface area (Å²) in [7, 11) is 0. The highest BCUT2D eigenvalue weighted by Gasteiger charge is 2.12. The van der Waals surface area contributed by atoms with E-state index in [9.17, 15) is 0 Å². The van der Waals surface area contributed by atoms with Crippen LogP contribution in [0.4, 0.5) is 0 Å². The van der Waals surface area contributed by atoms with Gasteiger partial charge >= 0.3 is 0 Å². The molecule has 0 unspecified atom stereocenters. The van der Waals surface area contributed by atoms with Gasteiger partial charge in [0.15, 0.2) is 0 Å². The van der Waals surface area contributed by atoms with Crippen molar-refractivity contribution in [3.8, 4) is 0 Å². The van der Waals surface area contributed by atoms with Gasteiger partial charge in [0.1, 0.15) is 5.76 Å². The minimum atomic E-state index is 0.561. The van der Waals surface area contributed by atoms with Crippen LogP contribution < -0.4 is 5.32 Å². The molecule has 15 heavy (non-hydrogen) atoms. The van der Waals surface area contributed by atoms with Crippen molar-refractivity contribution in [2.45, 2.75) is 26.3 Å². The van der Waals surface area contributed by atoms with Crippen LogP contribution >= 0.6 is 0 Å². The van der Waals surface area contributed by atoms with Crippen molar-refractivity contribution in [2.24, 2.45) is 0 Å². The maximum absolute atomic E-state index is 5.57. The fraction of sp³-hybridized carbons (Fsp3) is 0.667. The van der Waals surface area contributed by atoms with Crippen LogP contribution in [0.15, 0.2) is 16.7 Å². The van der Waals surface area contributed by atoms with E-state index in [0.717, 1.165) is 38.5 Å². The maximum Gasteiger partial charge on any atom is 0.118 e. The predicted molar refractivity (Wildman–Crippen MR) is 60.9 cm³/mol. The smallest absolute Gasteiger partial charge is 0.118 e. The van der Waals surface area contributed by atoms with Gasteiger partial charge in [-0.15, -0.1) is 0 Å². The number of hydrogen-bond donors (Lipinski definition) is 1. The summed E-state index contributed by atoms with van der Waals surface area (Å²) in [5, 5.41) is 3.35. The van der Waals surface area contributed by atoms with E-state index in [1.54, 1.807) is 0 Å². The Bertz CT molecular complexity index is 300. The topological polar surface area (TPSA) is 28.4 Å². The highest BCUT2D eigenvalue weighted by Crippen LogP contribution is 2.18. The van der Waals surface area contributed by atoms with E-state index >= 15 is 0 Å². The second-order valence-electron chi connectivity index (χ2n) is 4.53. The lowest BCUT2D eigenvalue weighted by atomic mass is 10.1. The van der Waals surface area contributed by atoms with Gasteiger partial charge in [-0.2, -0.15) is 0 Å². The average molecular weight is 208 g/mol. The Balaban J connectivity index is 1.91. The Morgan fingerprint density at radius 1 is 1.40 bits per heavy atom. The monoisotopic (exact) mass is 208 g/mol. The van der Waals surface area contributed by atoms with E-state index in [-0.39, 0.29) is 0 Å². The Kier molecular flexibility index (Phi) is 3.44. The zero-order chi connectivity index (χ0) is 10.7. The van der Waals surface area contributed by atoms with Gasteiger partial charge in [0.05, 0.1) is 12.8 Å². The van der Waals surface area contributed by atoms with Gasteiger partial charge in [0, 0.05) is 26.2 Å². The molecule has 1 aliphatic heterocycles. The fourth-order valence-electron chi connectivity index (χ4n) is 1.87. The SMILES string of the molecule is CC(C)c1coc(CN2CCNCC2)c1. The van der Waals surface area contributed by atoms with Crippen molar-refractivity contribution in [1.29, 1.82) is 0 Å². The summed E-state index contributed by atoms with van der Waals surface area (Å²) in [6, 6.07) is 2.19. The normalized spacial score (nSPS) is 18.6. The highest BCUT2D eigenvalue weighted by molar-refractivity contribution is 5.16. The van der Waals surface area contributed by atoms with Gasteiger partial charge in [-0.25, -0.2) is 0 Å². The van der Waals surface area contributed by atoms with Gasteiger partial charge in [-0.05, 0) is 17.5 Å². The van der Waals surface area contributed by atoms with Crippen LogP contribution in [0.3, 0.4) is 0 Å². The van der Waals surface area contributed by atoms with E-state index in [4.69, 9.17) is 4.42 Å². The highest BCUT2D eigenvalue weighted by atomic mass is 16.3. The number of furan rings is 1. The van der Waals surface area contributed by atoms with Crippen LogP contribution in [0.25, 0.3) is 0 Å². The predicted octanol–water partition coefficient (Wildman–Crippen LogP) is 1.81. The standard InChI is InChI=1S/C12H20N2O/c1-10(2)11-7-12(15-9-11)8-14-5-3-13-4-6-14/h7,9-10,13H,3-6,8H2,1-2H3. The summed E-state index contributed by atoms with van der Waals surface area (Å²) >= 11 is 0. The molecule has 0 aromatic carbocycles. The number of nitrogens with zero attached hydrogens (tertiary/aromatic N) is 1. The Morgan fingerprint density at radius 2 is 2.13 bits per heavy atom. The Labute approximate surface area is 91.4 Å². The summed E-state index contributed by atoms with van der Waals surface area (Å²) in [6.45, 7) is 9.78. The summed E-state index contributed by atoms with van der Waals surface area (Å²) in [5.41, 5.74) is 1.31. The third kappa shape index (κ3) is 2.83. The quantitative estimate of drug-likeness (QED) is 0.821. The van der Waals surface area contributed by atoms with Gasteiger partial charge in [-0.1, -0.05) is 13.8 Å². The van der Waals surface area contributed by atoms with Gasteiger partial charge in [-0.3, -0.25) is 4.90 Å². The molecular weight excluding hydrogens is 188 g/mol. The molecule has 1 N–H and O–H groups in total. The molecule has 0 spiro atoms. The first kappa shape index (κ1) is 10.7. The summed E-state index contributed by atoms with van der Waals surface area (Å²) < 4.78 is 5.57. The van der Waals surface area contributed by atoms with E-state index in [0.29, 0.717) is 5.92 Å². The van der Waals surface area contributed by atoms with Crippen molar-refractivity contribution >= 4 is 0 Å². The summed E-state index contributed by atoms with van der Waals surface area (Å²) in [4.78, 5) is 2.43. The van der Waals surface area contributed by atoms with E-state index in [2.05, 4.69) is 30.1 Å². The molecule has 0 saturated carbocycles. The molecule has 0 aliphatic carbocycles. The van der Waals surface area contributed by atoms with E-state index in [1.165, 1.54) is 5.56 Å². The van der Waals surface area contributed by atoms with Crippen molar-refractivity contribution in [3.05, 3.63) is 23.7 Å². The second-order valence-corrected chi connectivity index (χ2v) is 4.53. The van der Waals surface area contributed by atoms with Crippen molar-refractivity contribution in [1.82, 2.24) is 10.2 Å². The molecular formula is C12H20N2O. The minimum Gasteiger partial charge on any atom is -0.468 e. The van der Waals surface area contributed by atoms with Gasteiger partial charge in [0.2, 0.25) is 0 Å². The zero-order valence-corrected chi connectivity index (χ0v) is 9.62. The molecule has 0 radical (unpaired) electrons. The lowest BCUT2D eigenvalue weighted by Gasteiger charge is -2.26. The molecule has 1 aliphatic rings. The molecule has 1 aromatic heterocycles. The molecule has 1 saturated heterocycles. The molecule has 1 fully saturated rings. The first-order valence-electron chi connectivity index (χ1n) is 5.76. The van der Waals surface area contributed by atoms with Crippen LogP contribution in [0.1, 0.15) is 31.1 Å².